The van der Waals surface area contributed by atoms with Gasteiger partial charge in [-0.1, -0.05) is 13.5 Å². The zero-order chi connectivity index (χ0) is 19.2. The van der Waals surface area contributed by atoms with Crippen molar-refractivity contribution in [2.24, 2.45) is 0 Å². The van der Waals surface area contributed by atoms with E-state index in [2.05, 4.69) is 28.8 Å². The lowest BCUT2D eigenvalue weighted by Crippen LogP contribution is -2.50. The molecule has 2 fully saturated rings. The number of pyridine rings is 1. The second kappa shape index (κ2) is 6.62. The molecular formula is C20H24F2N4O. The number of carbonyl (C=O) groups is 1. The Balaban J connectivity index is 1.63. The van der Waals surface area contributed by atoms with Crippen molar-refractivity contribution in [3.05, 3.63) is 36.7 Å². The van der Waals surface area contributed by atoms with Gasteiger partial charge in [0.2, 0.25) is 5.91 Å². The van der Waals surface area contributed by atoms with Crippen molar-refractivity contribution in [3.63, 3.8) is 0 Å². The Morgan fingerprint density at radius 3 is 2.96 bits per heavy atom. The standard InChI is InChI=1S/C20H24F2N4O/c1-3-13-6-5-12(11-26(13)17(27)4-2)25-18-14-7-8-23-19(14)24-10-15(18)16-9-20(16,21)22/h4,7-8,10,12-13,16H,2-3,5-6,9,11H2,1H3,(H2,23,24,25)/t12-,13+,16-/m1/s1. The van der Waals surface area contributed by atoms with Gasteiger partial charge in [0, 0.05) is 48.4 Å². The number of fused-ring (bicyclic) bond motifs is 1. The summed E-state index contributed by atoms with van der Waals surface area (Å²) in [6.45, 7) is 6.21. The van der Waals surface area contributed by atoms with E-state index in [1.54, 1.807) is 12.4 Å². The third-order valence-corrected chi connectivity index (χ3v) is 5.80. The first kappa shape index (κ1) is 17.9. The van der Waals surface area contributed by atoms with Gasteiger partial charge >= 0.3 is 0 Å². The van der Waals surface area contributed by atoms with Crippen LogP contribution in [0.25, 0.3) is 11.0 Å². The Labute approximate surface area is 156 Å². The smallest absolute Gasteiger partial charge is 0.256 e. The van der Waals surface area contributed by atoms with Gasteiger partial charge in [0.05, 0.1) is 11.6 Å². The molecule has 4 rings (SSSR count). The number of hydrogen-bond donors (Lipinski definition) is 2. The van der Waals surface area contributed by atoms with Crippen LogP contribution in [0.15, 0.2) is 31.1 Å². The van der Waals surface area contributed by atoms with E-state index < -0.39 is 11.8 Å². The maximum absolute atomic E-state index is 13.8. The molecular weight excluding hydrogens is 350 g/mol. The average Bonchev–Trinajstić information content (AvgIpc) is 3.07. The van der Waals surface area contributed by atoms with Crippen LogP contribution in [0.1, 0.15) is 44.1 Å². The summed E-state index contributed by atoms with van der Waals surface area (Å²) in [4.78, 5) is 21.4. The molecule has 0 aromatic carbocycles. The summed E-state index contributed by atoms with van der Waals surface area (Å²) in [6.07, 6.45) is 7.18. The fourth-order valence-electron chi connectivity index (χ4n) is 4.16. The number of nitrogens with one attached hydrogen (secondary N) is 2. The molecule has 2 N–H and O–H groups in total. The van der Waals surface area contributed by atoms with Gasteiger partial charge in [-0.2, -0.15) is 0 Å². The van der Waals surface area contributed by atoms with Crippen molar-refractivity contribution in [1.29, 1.82) is 0 Å². The molecule has 5 nitrogen and oxygen atoms in total. The summed E-state index contributed by atoms with van der Waals surface area (Å²) in [5, 5.41) is 4.28. The molecule has 1 aliphatic carbocycles. The van der Waals surface area contributed by atoms with Gasteiger partial charge in [-0.25, -0.2) is 13.8 Å². The number of piperidine rings is 1. The second-order valence-corrected chi connectivity index (χ2v) is 7.52. The Hall–Kier alpha value is -2.44. The van der Waals surface area contributed by atoms with Crippen LogP contribution in [0.4, 0.5) is 14.5 Å². The number of alkyl halides is 2. The zero-order valence-electron chi connectivity index (χ0n) is 15.3. The van der Waals surface area contributed by atoms with E-state index in [4.69, 9.17) is 0 Å². The van der Waals surface area contributed by atoms with Crippen molar-refractivity contribution in [2.75, 3.05) is 11.9 Å². The third kappa shape index (κ3) is 3.19. The number of amides is 1. The molecule has 0 bridgehead atoms. The number of aromatic amines is 1. The minimum atomic E-state index is -2.66. The zero-order valence-corrected chi connectivity index (χ0v) is 15.3. The van der Waals surface area contributed by atoms with Crippen LogP contribution in [0.3, 0.4) is 0 Å². The maximum Gasteiger partial charge on any atom is 0.256 e. The SMILES string of the molecule is C=CC(=O)N1C[C@H](Nc2c([C@H]3CC3(F)F)cnc3[nH]ccc23)CC[C@@H]1CC. The summed E-state index contributed by atoms with van der Waals surface area (Å²) in [7, 11) is 0. The number of nitrogens with zero attached hydrogens (tertiary/aromatic N) is 2. The first-order valence-corrected chi connectivity index (χ1v) is 9.48. The third-order valence-electron chi connectivity index (χ3n) is 5.80. The lowest BCUT2D eigenvalue weighted by atomic mass is 9.95. The molecule has 0 radical (unpaired) electrons. The number of aromatic nitrogens is 2. The summed E-state index contributed by atoms with van der Waals surface area (Å²) in [6, 6.07) is 2.06. The normalized spacial score (nSPS) is 26.8. The number of hydrogen-bond acceptors (Lipinski definition) is 3. The highest BCUT2D eigenvalue weighted by atomic mass is 19.3. The fraction of sp³-hybridized carbons (Fsp3) is 0.500. The predicted octanol–water partition coefficient (Wildman–Crippen LogP) is 4.05. The first-order valence-electron chi connectivity index (χ1n) is 9.48. The van der Waals surface area contributed by atoms with E-state index in [1.165, 1.54) is 6.08 Å². The summed E-state index contributed by atoms with van der Waals surface area (Å²) in [5.74, 6) is -3.53. The first-order chi connectivity index (χ1) is 12.9. The molecule has 3 atom stereocenters. The number of rotatable bonds is 5. The molecule has 1 amide bonds. The number of halogens is 2. The lowest BCUT2D eigenvalue weighted by Gasteiger charge is -2.39. The highest BCUT2D eigenvalue weighted by Crippen LogP contribution is 2.57. The van der Waals surface area contributed by atoms with Crippen molar-refractivity contribution in [1.82, 2.24) is 14.9 Å². The van der Waals surface area contributed by atoms with Gasteiger partial charge in [-0.15, -0.1) is 0 Å². The molecule has 2 aromatic heterocycles. The van der Waals surface area contributed by atoms with E-state index in [1.807, 2.05) is 11.0 Å². The van der Waals surface area contributed by atoms with Crippen molar-refractivity contribution >= 4 is 22.6 Å². The Kier molecular flexibility index (Phi) is 4.40. The van der Waals surface area contributed by atoms with E-state index in [9.17, 15) is 13.6 Å². The number of anilines is 1. The van der Waals surface area contributed by atoms with Gasteiger partial charge in [0.1, 0.15) is 5.65 Å². The lowest BCUT2D eigenvalue weighted by molar-refractivity contribution is -0.129. The molecule has 0 spiro atoms. The molecule has 2 aliphatic rings. The molecule has 1 aliphatic heterocycles. The molecule has 27 heavy (non-hydrogen) atoms. The van der Waals surface area contributed by atoms with Crippen LogP contribution in [0, 0.1) is 0 Å². The molecule has 1 saturated carbocycles. The minimum absolute atomic E-state index is 0.00308. The molecule has 144 valence electrons. The molecule has 7 heteroatoms. The molecule has 0 unspecified atom stereocenters. The number of carbonyl (C=O) groups excluding carboxylic acids is 1. The van der Waals surface area contributed by atoms with Crippen LogP contribution in [0.5, 0.6) is 0 Å². The largest absolute Gasteiger partial charge is 0.380 e. The fourth-order valence-corrected chi connectivity index (χ4v) is 4.16. The Bertz CT molecular complexity index is 878. The van der Waals surface area contributed by atoms with Gasteiger partial charge in [0.15, 0.2) is 0 Å². The van der Waals surface area contributed by atoms with Crippen LogP contribution in [-0.2, 0) is 4.79 Å². The van der Waals surface area contributed by atoms with Gasteiger partial charge in [-0.3, -0.25) is 4.79 Å². The average molecular weight is 374 g/mol. The van der Waals surface area contributed by atoms with Crippen LogP contribution in [0.2, 0.25) is 0 Å². The maximum atomic E-state index is 13.8. The second-order valence-electron chi connectivity index (χ2n) is 7.52. The molecule has 3 heterocycles. The van der Waals surface area contributed by atoms with Crippen molar-refractivity contribution < 1.29 is 13.6 Å². The summed E-state index contributed by atoms with van der Waals surface area (Å²) >= 11 is 0. The highest BCUT2D eigenvalue weighted by molar-refractivity contribution is 5.92. The monoisotopic (exact) mass is 374 g/mol. The van der Waals surface area contributed by atoms with E-state index in [0.29, 0.717) is 17.8 Å². The van der Waals surface area contributed by atoms with Crippen LogP contribution >= 0.6 is 0 Å². The van der Waals surface area contributed by atoms with Crippen LogP contribution in [-0.4, -0.2) is 45.3 Å². The van der Waals surface area contributed by atoms with Crippen molar-refractivity contribution in [3.8, 4) is 0 Å². The molecule has 2 aromatic rings. The minimum Gasteiger partial charge on any atom is -0.380 e. The summed E-state index contributed by atoms with van der Waals surface area (Å²) < 4.78 is 27.5. The molecule has 1 saturated heterocycles. The highest BCUT2D eigenvalue weighted by Gasteiger charge is 2.58. The quantitative estimate of drug-likeness (QED) is 0.776. The van der Waals surface area contributed by atoms with E-state index in [-0.39, 0.29) is 24.4 Å². The Morgan fingerprint density at radius 2 is 2.30 bits per heavy atom. The predicted molar refractivity (Wildman–Crippen MR) is 101 cm³/mol. The van der Waals surface area contributed by atoms with Gasteiger partial charge in [0.25, 0.3) is 5.92 Å². The number of H-pyrrole nitrogens is 1. The topological polar surface area (TPSA) is 61.0 Å². The van der Waals surface area contributed by atoms with Crippen molar-refractivity contribution in [2.45, 2.75) is 56.5 Å². The van der Waals surface area contributed by atoms with E-state index in [0.717, 1.165) is 30.3 Å². The van der Waals surface area contributed by atoms with Gasteiger partial charge < -0.3 is 15.2 Å². The summed E-state index contributed by atoms with van der Waals surface area (Å²) in [5.41, 5.74) is 1.95. The Morgan fingerprint density at radius 1 is 1.52 bits per heavy atom. The van der Waals surface area contributed by atoms with E-state index >= 15 is 0 Å². The number of likely N-dealkylation sites (tertiary alicyclic amines) is 1. The van der Waals surface area contributed by atoms with Gasteiger partial charge in [-0.05, 0) is 31.4 Å². The van der Waals surface area contributed by atoms with Crippen LogP contribution < -0.4 is 5.32 Å².